The van der Waals surface area contributed by atoms with Crippen LogP contribution < -0.4 is 9.47 Å². The van der Waals surface area contributed by atoms with E-state index < -0.39 is 0 Å². The van der Waals surface area contributed by atoms with Crippen LogP contribution in [0.1, 0.15) is 30.3 Å². The predicted octanol–water partition coefficient (Wildman–Crippen LogP) is 9.00. The molecule has 0 spiro atoms. The van der Waals surface area contributed by atoms with Gasteiger partial charge in [0.2, 0.25) is 0 Å². The van der Waals surface area contributed by atoms with E-state index in [0.29, 0.717) is 11.5 Å². The van der Waals surface area contributed by atoms with Gasteiger partial charge in [0.25, 0.3) is 0 Å². The molecule has 3 aromatic heterocycles. The monoisotopic (exact) mass is 771 g/mol. The normalized spacial score (nSPS) is 11.1. The van der Waals surface area contributed by atoms with Crippen molar-refractivity contribution in [3.05, 3.63) is 126 Å². The van der Waals surface area contributed by atoms with Gasteiger partial charge in [-0.25, -0.2) is 4.98 Å². The Morgan fingerprint density at radius 3 is 2.44 bits per heavy atom. The molecule has 0 aliphatic carbocycles. The summed E-state index contributed by atoms with van der Waals surface area (Å²) < 4.78 is 16.0. The van der Waals surface area contributed by atoms with E-state index in [9.17, 15) is 0 Å². The zero-order chi connectivity index (χ0) is 30.2. The fourth-order valence-electron chi connectivity index (χ4n) is 5.99. The molecule has 0 aliphatic rings. The standard InChI is InChI=1S/C38H32N4O2.Pt/c1-5-10-27-19-20-39-37(21-27)41-35-18-16-30(43-4)23-34(35)33-17-15-32(24-36(33)41)44-31-14-9-13-29(22-31)42-26(3)38(25(2)40-42)28-11-7-6-8-12-28;/h6-9,11-21,23H,5,10H2,1-4H3;/q-2;+2. The van der Waals surface area contributed by atoms with Crippen LogP contribution in [0.4, 0.5) is 0 Å². The minimum absolute atomic E-state index is 0. The van der Waals surface area contributed by atoms with Gasteiger partial charge in [0.1, 0.15) is 11.6 Å². The number of pyridine rings is 1. The topological polar surface area (TPSA) is 54.1 Å². The molecule has 0 aliphatic heterocycles. The maximum absolute atomic E-state index is 6.39. The van der Waals surface area contributed by atoms with Gasteiger partial charge < -0.3 is 14.0 Å². The van der Waals surface area contributed by atoms with Crippen molar-refractivity contribution in [2.24, 2.45) is 0 Å². The van der Waals surface area contributed by atoms with E-state index in [1.54, 1.807) is 7.11 Å². The van der Waals surface area contributed by atoms with Gasteiger partial charge in [0.05, 0.1) is 12.8 Å². The number of aryl methyl sites for hydroxylation is 2. The summed E-state index contributed by atoms with van der Waals surface area (Å²) in [5.74, 6) is 2.82. The molecule has 0 atom stereocenters. The smallest absolute Gasteiger partial charge is 0.509 e. The number of rotatable bonds is 8. The summed E-state index contributed by atoms with van der Waals surface area (Å²) in [6.07, 6.45) is 3.94. The molecule has 0 N–H and O–H groups in total. The second-order valence-electron chi connectivity index (χ2n) is 10.9. The number of nitrogens with zero attached hydrogens (tertiary/aromatic N) is 4. The average Bonchev–Trinajstić information content (AvgIpc) is 3.53. The third-order valence-corrected chi connectivity index (χ3v) is 7.99. The largest absolute Gasteiger partial charge is 2.00 e. The number of aromatic nitrogens is 4. The van der Waals surface area contributed by atoms with Crippen LogP contribution in [0, 0.1) is 26.0 Å². The molecule has 7 rings (SSSR count). The number of ether oxygens (including phenoxy) is 2. The Hall–Kier alpha value is -4.67. The van der Waals surface area contributed by atoms with Crippen molar-refractivity contribution in [3.8, 4) is 39.9 Å². The zero-order valence-corrected chi connectivity index (χ0v) is 27.8. The van der Waals surface area contributed by atoms with Crippen molar-refractivity contribution in [3.63, 3.8) is 0 Å². The molecule has 45 heavy (non-hydrogen) atoms. The van der Waals surface area contributed by atoms with Gasteiger partial charge in [-0.3, -0.25) is 4.68 Å². The average molecular weight is 772 g/mol. The first-order chi connectivity index (χ1) is 21.5. The van der Waals surface area contributed by atoms with Gasteiger partial charge in [0.15, 0.2) is 0 Å². The quantitative estimate of drug-likeness (QED) is 0.145. The first-order valence-corrected chi connectivity index (χ1v) is 14.9. The summed E-state index contributed by atoms with van der Waals surface area (Å²) in [5.41, 5.74) is 8.26. The van der Waals surface area contributed by atoms with E-state index in [1.165, 1.54) is 5.56 Å². The minimum atomic E-state index is 0. The van der Waals surface area contributed by atoms with Gasteiger partial charge in [-0.1, -0.05) is 49.2 Å². The second-order valence-corrected chi connectivity index (χ2v) is 10.9. The van der Waals surface area contributed by atoms with Crippen LogP contribution >= 0.6 is 0 Å². The first-order valence-electron chi connectivity index (χ1n) is 14.9. The Morgan fingerprint density at radius 2 is 1.64 bits per heavy atom. The molecule has 7 aromatic rings. The summed E-state index contributed by atoms with van der Waals surface area (Å²) in [6.45, 7) is 6.31. The first kappa shape index (κ1) is 30.4. The Morgan fingerprint density at radius 1 is 0.822 bits per heavy atom. The fourth-order valence-corrected chi connectivity index (χ4v) is 5.99. The van der Waals surface area contributed by atoms with Crippen molar-refractivity contribution < 1.29 is 30.5 Å². The summed E-state index contributed by atoms with van der Waals surface area (Å²) in [4.78, 5) is 4.76. The Labute approximate surface area is 277 Å². The van der Waals surface area contributed by atoms with Gasteiger partial charge >= 0.3 is 21.1 Å². The molecule has 7 heteroatoms. The van der Waals surface area contributed by atoms with Crippen LogP contribution in [0.5, 0.6) is 17.2 Å². The summed E-state index contributed by atoms with van der Waals surface area (Å²) >= 11 is 0. The molecule has 3 heterocycles. The number of benzene rings is 4. The van der Waals surface area contributed by atoms with Crippen molar-refractivity contribution in [1.82, 2.24) is 19.3 Å². The molecule has 0 amide bonds. The van der Waals surface area contributed by atoms with E-state index >= 15 is 0 Å². The molecular formula is C38H32N4O2Pt. The Kier molecular flexibility index (Phi) is 8.60. The second kappa shape index (κ2) is 12.7. The van der Waals surface area contributed by atoms with Crippen LogP contribution in [0.25, 0.3) is 44.4 Å². The van der Waals surface area contributed by atoms with Crippen molar-refractivity contribution >= 4 is 21.8 Å². The van der Waals surface area contributed by atoms with Crippen LogP contribution in [0.2, 0.25) is 0 Å². The maximum Gasteiger partial charge on any atom is 2.00 e. The van der Waals surface area contributed by atoms with Gasteiger partial charge in [0, 0.05) is 34.5 Å². The third kappa shape index (κ3) is 5.67. The molecule has 0 saturated heterocycles. The zero-order valence-electron chi connectivity index (χ0n) is 25.6. The van der Waals surface area contributed by atoms with Crippen LogP contribution in [0.15, 0.2) is 97.2 Å². The molecule has 4 aromatic carbocycles. The van der Waals surface area contributed by atoms with Gasteiger partial charge in [-0.05, 0) is 72.8 Å². The molecule has 6 nitrogen and oxygen atoms in total. The van der Waals surface area contributed by atoms with Crippen molar-refractivity contribution in [2.75, 3.05) is 7.11 Å². The van der Waals surface area contributed by atoms with E-state index in [2.05, 4.69) is 73.0 Å². The van der Waals surface area contributed by atoms with E-state index in [-0.39, 0.29) is 21.1 Å². The third-order valence-electron chi connectivity index (χ3n) is 7.99. The molecule has 0 radical (unpaired) electrons. The fraction of sp³-hybridized carbons (Fsp3) is 0.158. The van der Waals surface area contributed by atoms with Crippen LogP contribution in [-0.2, 0) is 27.5 Å². The minimum Gasteiger partial charge on any atom is -0.509 e. The van der Waals surface area contributed by atoms with Gasteiger partial charge in [-0.15, -0.1) is 35.7 Å². The molecule has 0 saturated carbocycles. The molecule has 0 unspecified atom stereocenters. The number of hydrogen-bond donors (Lipinski definition) is 0. The predicted molar refractivity (Wildman–Crippen MR) is 175 cm³/mol. The SMILES string of the molecule is CCCc1ccnc(-n2c3[c-]c(Oc4[c-]c(-n5nc(C)c(-c6ccccc6)c5C)ccc4)ccc3c3cc(OC)ccc32)c1.[Pt+2]. The summed E-state index contributed by atoms with van der Waals surface area (Å²) in [5, 5.41) is 6.96. The molecule has 0 fully saturated rings. The van der Waals surface area contributed by atoms with E-state index in [1.807, 2.05) is 66.3 Å². The molecule has 0 bridgehead atoms. The van der Waals surface area contributed by atoms with Crippen molar-refractivity contribution in [1.29, 1.82) is 0 Å². The summed E-state index contributed by atoms with van der Waals surface area (Å²) in [7, 11) is 1.69. The number of methoxy groups -OCH3 is 1. The van der Waals surface area contributed by atoms with Gasteiger partial charge in [-0.2, -0.15) is 17.2 Å². The number of hydrogen-bond acceptors (Lipinski definition) is 4. The number of fused-ring (bicyclic) bond motifs is 3. The molecule has 226 valence electrons. The van der Waals surface area contributed by atoms with Crippen LogP contribution in [-0.4, -0.2) is 26.4 Å². The van der Waals surface area contributed by atoms with E-state index in [0.717, 1.165) is 74.4 Å². The maximum atomic E-state index is 6.39. The summed E-state index contributed by atoms with van der Waals surface area (Å²) in [6, 6.07) is 37.6. The van der Waals surface area contributed by atoms with Crippen molar-refractivity contribution in [2.45, 2.75) is 33.6 Å². The van der Waals surface area contributed by atoms with E-state index in [4.69, 9.17) is 19.6 Å². The Balaban J connectivity index is 0.00000357. The Bertz CT molecular complexity index is 2130. The van der Waals surface area contributed by atoms with Crippen LogP contribution in [0.3, 0.4) is 0 Å². The molecular weight excluding hydrogens is 740 g/mol.